The van der Waals surface area contributed by atoms with Gasteiger partial charge >= 0.3 is 0 Å². The molecule has 1 aromatic carbocycles. The maximum atomic E-state index is 11.5. The zero-order valence-corrected chi connectivity index (χ0v) is 19.0. The van der Waals surface area contributed by atoms with E-state index in [-0.39, 0.29) is 35.8 Å². The topological polar surface area (TPSA) is 66.0 Å². The van der Waals surface area contributed by atoms with Crippen LogP contribution in [0.3, 0.4) is 0 Å². The molecule has 0 fully saturated rings. The number of nitrogens with zero attached hydrogens (tertiary/aromatic N) is 2. The van der Waals surface area contributed by atoms with Gasteiger partial charge in [-0.1, -0.05) is 25.4 Å². The minimum absolute atomic E-state index is 0. The highest BCUT2D eigenvalue weighted by molar-refractivity contribution is 14.0. The van der Waals surface area contributed by atoms with E-state index < -0.39 is 0 Å². The third kappa shape index (κ3) is 10.1. The largest absolute Gasteiger partial charge is 0.492 e. The second-order valence-corrected chi connectivity index (χ2v) is 6.34. The summed E-state index contributed by atoms with van der Waals surface area (Å²) in [6.45, 7) is 8.82. The summed E-state index contributed by atoms with van der Waals surface area (Å²) in [6.07, 6.45) is 0. The molecule has 0 bridgehead atoms. The molecule has 1 amide bonds. The van der Waals surface area contributed by atoms with Crippen LogP contribution in [0, 0.1) is 5.92 Å². The first-order valence-electron chi connectivity index (χ1n) is 8.59. The average Bonchev–Trinajstić information content (AvgIpc) is 2.58. The van der Waals surface area contributed by atoms with Crippen molar-refractivity contribution < 1.29 is 9.53 Å². The van der Waals surface area contributed by atoms with Crippen molar-refractivity contribution in [3.63, 3.8) is 0 Å². The number of nitrogens with one attached hydrogen (secondary N) is 2. The van der Waals surface area contributed by atoms with Crippen molar-refractivity contribution in [1.82, 2.24) is 15.5 Å². The Morgan fingerprint density at radius 1 is 1.27 bits per heavy atom. The first-order valence-corrected chi connectivity index (χ1v) is 8.97. The molecule has 1 aromatic rings. The lowest BCUT2D eigenvalue weighted by Gasteiger charge is -2.22. The van der Waals surface area contributed by atoms with E-state index in [2.05, 4.69) is 15.6 Å². The van der Waals surface area contributed by atoms with Gasteiger partial charge in [-0.15, -0.1) is 24.0 Å². The van der Waals surface area contributed by atoms with E-state index in [4.69, 9.17) is 16.3 Å². The number of rotatable bonds is 9. The minimum atomic E-state index is -0.00935. The van der Waals surface area contributed by atoms with Gasteiger partial charge in [0.25, 0.3) is 0 Å². The van der Waals surface area contributed by atoms with E-state index in [1.54, 1.807) is 12.1 Å². The Bertz CT molecular complexity index is 553. The van der Waals surface area contributed by atoms with Gasteiger partial charge < -0.3 is 20.3 Å². The number of ether oxygens (including phenoxy) is 1. The van der Waals surface area contributed by atoms with Crippen molar-refractivity contribution in [3.8, 4) is 5.75 Å². The van der Waals surface area contributed by atoms with Gasteiger partial charge in [0.2, 0.25) is 5.91 Å². The van der Waals surface area contributed by atoms with Crippen molar-refractivity contribution >= 4 is 47.4 Å². The highest BCUT2D eigenvalue weighted by Crippen LogP contribution is 2.15. The molecule has 8 heteroatoms. The van der Waals surface area contributed by atoms with Gasteiger partial charge in [-0.25, -0.2) is 0 Å². The maximum Gasteiger partial charge on any atom is 0.222 e. The lowest BCUT2D eigenvalue weighted by atomic mass is 10.2. The van der Waals surface area contributed by atoms with E-state index in [0.29, 0.717) is 31.3 Å². The lowest BCUT2D eigenvalue weighted by Crippen LogP contribution is -2.41. The number of likely N-dealkylation sites (N-methyl/N-ethyl adjacent to an activating group) is 1. The first-order chi connectivity index (χ1) is 11.9. The molecule has 0 unspecified atom stereocenters. The number of halogens is 2. The predicted octanol–water partition coefficient (Wildman–Crippen LogP) is 3.01. The third-order valence-electron chi connectivity index (χ3n) is 3.40. The molecule has 0 aliphatic rings. The van der Waals surface area contributed by atoms with Crippen molar-refractivity contribution in [1.29, 1.82) is 0 Å². The molecule has 0 aliphatic heterocycles. The molecule has 0 spiro atoms. The van der Waals surface area contributed by atoms with Crippen LogP contribution in [0.25, 0.3) is 0 Å². The highest BCUT2D eigenvalue weighted by Gasteiger charge is 2.07. The zero-order chi connectivity index (χ0) is 18.7. The summed E-state index contributed by atoms with van der Waals surface area (Å²) in [5.41, 5.74) is 0. The van der Waals surface area contributed by atoms with Crippen LogP contribution in [0.4, 0.5) is 0 Å². The van der Waals surface area contributed by atoms with Crippen LogP contribution in [0.5, 0.6) is 5.75 Å². The Labute approximate surface area is 178 Å². The number of aliphatic imine (C=N–C) groups is 1. The van der Waals surface area contributed by atoms with Gasteiger partial charge in [-0.2, -0.15) is 0 Å². The summed E-state index contributed by atoms with van der Waals surface area (Å²) >= 11 is 5.86. The number of guanidine groups is 1. The minimum Gasteiger partial charge on any atom is -0.492 e. The van der Waals surface area contributed by atoms with Crippen LogP contribution in [-0.4, -0.2) is 56.6 Å². The van der Waals surface area contributed by atoms with E-state index in [9.17, 15) is 4.79 Å². The highest BCUT2D eigenvalue weighted by atomic mass is 127. The van der Waals surface area contributed by atoms with Gasteiger partial charge in [0.1, 0.15) is 12.4 Å². The molecule has 0 saturated carbocycles. The Morgan fingerprint density at radius 2 is 1.92 bits per heavy atom. The standard InChI is InChI=1S/C18H29ClN4O2.HI/c1-5-20-18(22-11-10-21-17(24)14(2)3)23(4)12-13-25-16-8-6-15(19)7-9-16;/h6-9,14H,5,10-13H2,1-4H3,(H,20,22)(H,21,24);1H. The van der Waals surface area contributed by atoms with E-state index >= 15 is 0 Å². The summed E-state index contributed by atoms with van der Waals surface area (Å²) in [5.74, 6) is 1.62. The summed E-state index contributed by atoms with van der Waals surface area (Å²) in [7, 11) is 1.96. The summed E-state index contributed by atoms with van der Waals surface area (Å²) in [6, 6.07) is 7.30. The van der Waals surface area contributed by atoms with Gasteiger partial charge in [0, 0.05) is 31.1 Å². The number of benzene rings is 1. The van der Waals surface area contributed by atoms with Crippen molar-refractivity contribution in [2.45, 2.75) is 20.8 Å². The predicted molar refractivity (Wildman–Crippen MR) is 119 cm³/mol. The molecule has 2 N–H and O–H groups in total. The molecule has 6 nitrogen and oxygen atoms in total. The Balaban J connectivity index is 0.00000625. The number of hydrogen-bond acceptors (Lipinski definition) is 3. The second kappa shape index (κ2) is 13.9. The fourth-order valence-corrected chi connectivity index (χ4v) is 2.08. The molecule has 0 aromatic heterocycles. The van der Waals surface area contributed by atoms with Gasteiger partial charge in [-0.3, -0.25) is 9.79 Å². The molecule has 1 rings (SSSR count). The third-order valence-corrected chi connectivity index (χ3v) is 3.65. The Morgan fingerprint density at radius 3 is 2.50 bits per heavy atom. The van der Waals surface area contributed by atoms with Crippen LogP contribution in [0.2, 0.25) is 5.02 Å². The smallest absolute Gasteiger partial charge is 0.222 e. The Kier molecular flexibility index (Phi) is 13.3. The fourth-order valence-electron chi connectivity index (χ4n) is 1.95. The van der Waals surface area contributed by atoms with E-state index in [1.165, 1.54) is 0 Å². The second-order valence-electron chi connectivity index (χ2n) is 5.91. The molecule has 0 radical (unpaired) electrons. The average molecular weight is 497 g/mol. The molecule has 0 heterocycles. The van der Waals surface area contributed by atoms with Crippen LogP contribution in [-0.2, 0) is 4.79 Å². The quantitative estimate of drug-likeness (QED) is 0.239. The van der Waals surface area contributed by atoms with Crippen molar-refractivity contribution in [3.05, 3.63) is 29.3 Å². The SMILES string of the molecule is CCNC(=NCCNC(=O)C(C)C)N(C)CCOc1ccc(Cl)cc1.I. The van der Waals surface area contributed by atoms with Crippen LogP contribution in [0.15, 0.2) is 29.3 Å². The first kappa shape index (κ1) is 24.8. The number of carbonyl (C=O) groups excluding carboxylic acids is 1. The fraction of sp³-hybridized carbons (Fsp3) is 0.556. The summed E-state index contributed by atoms with van der Waals surface area (Å²) in [4.78, 5) is 18.1. The zero-order valence-electron chi connectivity index (χ0n) is 15.9. The van der Waals surface area contributed by atoms with Gasteiger partial charge in [-0.05, 0) is 31.2 Å². The molecule has 148 valence electrons. The molecule has 26 heavy (non-hydrogen) atoms. The summed E-state index contributed by atoms with van der Waals surface area (Å²) < 4.78 is 5.70. The van der Waals surface area contributed by atoms with Crippen molar-refractivity contribution in [2.24, 2.45) is 10.9 Å². The molecule has 0 saturated heterocycles. The molecular weight excluding hydrogens is 467 g/mol. The monoisotopic (exact) mass is 496 g/mol. The molecule has 0 aliphatic carbocycles. The molecule has 0 atom stereocenters. The Hall–Kier alpha value is -1.22. The maximum absolute atomic E-state index is 11.5. The number of carbonyl (C=O) groups is 1. The number of amides is 1. The van der Waals surface area contributed by atoms with Gasteiger partial charge in [0.15, 0.2) is 5.96 Å². The lowest BCUT2D eigenvalue weighted by molar-refractivity contribution is -0.123. The van der Waals surface area contributed by atoms with Crippen LogP contribution < -0.4 is 15.4 Å². The van der Waals surface area contributed by atoms with Gasteiger partial charge in [0.05, 0.1) is 13.1 Å². The van der Waals surface area contributed by atoms with E-state index in [1.807, 2.05) is 44.9 Å². The molecular formula is C18H30ClIN4O2. The van der Waals surface area contributed by atoms with Crippen LogP contribution in [0.1, 0.15) is 20.8 Å². The normalized spacial score (nSPS) is 10.9. The number of hydrogen-bond donors (Lipinski definition) is 2. The van der Waals surface area contributed by atoms with E-state index in [0.717, 1.165) is 18.3 Å². The van der Waals surface area contributed by atoms with Crippen molar-refractivity contribution in [2.75, 3.05) is 39.8 Å². The summed E-state index contributed by atoms with van der Waals surface area (Å²) in [5, 5.41) is 6.79. The van der Waals surface area contributed by atoms with Crippen LogP contribution >= 0.6 is 35.6 Å².